The lowest BCUT2D eigenvalue weighted by Gasteiger charge is -1.97. The Bertz CT molecular complexity index is 858. The molecule has 0 bridgehead atoms. The highest BCUT2D eigenvalue weighted by Crippen LogP contribution is 2.29. The second-order valence-electron chi connectivity index (χ2n) is 4.02. The quantitative estimate of drug-likeness (QED) is 0.384. The first kappa shape index (κ1) is 14.4. The summed E-state index contributed by atoms with van der Waals surface area (Å²) in [6.07, 6.45) is 0. The van der Waals surface area contributed by atoms with Crippen LogP contribution in [0, 0.1) is 13.0 Å². The number of thiophene rings is 1. The minimum absolute atomic E-state index is 0.0106. The summed E-state index contributed by atoms with van der Waals surface area (Å²) in [5.74, 6) is -0.234. The van der Waals surface area contributed by atoms with Gasteiger partial charge in [-0.05, 0) is 34.7 Å². The minimum Gasteiger partial charge on any atom is -0.298 e. The highest BCUT2D eigenvalue weighted by molar-refractivity contribution is 14.1. The molecule has 2 heterocycles. The van der Waals surface area contributed by atoms with Crippen molar-refractivity contribution in [2.45, 2.75) is 0 Å². The van der Waals surface area contributed by atoms with Crippen molar-refractivity contribution in [1.29, 1.82) is 0 Å². The van der Waals surface area contributed by atoms with Crippen LogP contribution in [0.2, 0.25) is 0 Å². The second kappa shape index (κ2) is 5.66. The molecular formula is C12H6IN3O3S2. The average molecular weight is 431 g/mol. The molecule has 1 aromatic carbocycles. The molecule has 0 saturated heterocycles. The van der Waals surface area contributed by atoms with Crippen molar-refractivity contribution in [3.05, 3.63) is 48.2 Å². The third kappa shape index (κ3) is 3.04. The van der Waals surface area contributed by atoms with Crippen molar-refractivity contribution in [3.63, 3.8) is 0 Å². The maximum Gasteiger partial charge on any atom is 0.270 e. The molecule has 1 N–H and O–H groups in total. The van der Waals surface area contributed by atoms with Gasteiger partial charge in [-0.25, -0.2) is 4.98 Å². The molecule has 21 heavy (non-hydrogen) atoms. The third-order valence-corrected chi connectivity index (χ3v) is 5.36. The first-order chi connectivity index (χ1) is 10.0. The molecule has 2 aromatic heterocycles. The molecule has 0 aliphatic carbocycles. The molecule has 0 fully saturated rings. The van der Waals surface area contributed by atoms with E-state index in [-0.39, 0.29) is 11.6 Å². The zero-order chi connectivity index (χ0) is 15.0. The van der Waals surface area contributed by atoms with Gasteiger partial charge >= 0.3 is 0 Å². The number of nitro groups is 1. The zero-order valence-electron chi connectivity index (χ0n) is 10.2. The number of nitrogens with one attached hydrogen (secondary N) is 1. The number of halogens is 1. The first-order valence-electron chi connectivity index (χ1n) is 5.63. The predicted octanol–water partition coefficient (Wildman–Crippen LogP) is 4.12. The summed E-state index contributed by atoms with van der Waals surface area (Å²) in [6.45, 7) is 0. The van der Waals surface area contributed by atoms with Crippen molar-refractivity contribution in [1.82, 2.24) is 4.98 Å². The Morgan fingerprint density at radius 1 is 1.38 bits per heavy atom. The van der Waals surface area contributed by atoms with Gasteiger partial charge < -0.3 is 0 Å². The van der Waals surface area contributed by atoms with Crippen LogP contribution in [0.1, 0.15) is 10.4 Å². The average Bonchev–Trinajstić information content (AvgIpc) is 3.03. The Labute approximate surface area is 140 Å². The van der Waals surface area contributed by atoms with Crippen LogP contribution in [0.15, 0.2) is 29.6 Å². The van der Waals surface area contributed by atoms with Crippen LogP contribution in [-0.2, 0) is 0 Å². The van der Waals surface area contributed by atoms with Crippen LogP contribution >= 0.6 is 45.3 Å². The van der Waals surface area contributed by atoms with Crippen molar-refractivity contribution >= 4 is 72.2 Å². The Hall–Kier alpha value is -1.59. The van der Waals surface area contributed by atoms with E-state index < -0.39 is 4.92 Å². The molecule has 1 amide bonds. The Kier molecular flexibility index (Phi) is 3.87. The van der Waals surface area contributed by atoms with Crippen LogP contribution < -0.4 is 5.32 Å². The smallest absolute Gasteiger partial charge is 0.270 e. The van der Waals surface area contributed by atoms with Gasteiger partial charge in [-0.3, -0.25) is 20.2 Å². The van der Waals surface area contributed by atoms with Crippen LogP contribution in [0.3, 0.4) is 0 Å². The normalized spacial score (nSPS) is 10.7. The summed E-state index contributed by atoms with van der Waals surface area (Å²) in [6, 6.07) is 6.22. The maximum atomic E-state index is 12.0. The number of carbonyl (C=O) groups excluding carboxylic acids is 1. The fraction of sp³-hybridized carbons (Fsp3) is 0. The molecule has 0 spiro atoms. The summed E-state index contributed by atoms with van der Waals surface area (Å²) >= 11 is 4.85. The molecule has 106 valence electrons. The van der Waals surface area contributed by atoms with E-state index in [1.807, 2.05) is 0 Å². The van der Waals surface area contributed by atoms with Crippen molar-refractivity contribution in [2.24, 2.45) is 0 Å². The van der Waals surface area contributed by atoms with Gasteiger partial charge in [0, 0.05) is 17.5 Å². The van der Waals surface area contributed by atoms with Crippen LogP contribution in [0.25, 0.3) is 10.2 Å². The number of hydrogen-bond acceptors (Lipinski definition) is 6. The summed E-state index contributed by atoms with van der Waals surface area (Å²) in [5, 5.41) is 15.6. The number of rotatable bonds is 3. The lowest BCUT2D eigenvalue weighted by atomic mass is 10.3. The predicted molar refractivity (Wildman–Crippen MR) is 91.3 cm³/mol. The van der Waals surface area contributed by atoms with Gasteiger partial charge in [0.2, 0.25) is 0 Å². The molecular weight excluding hydrogens is 425 g/mol. The van der Waals surface area contributed by atoms with E-state index in [2.05, 4.69) is 32.9 Å². The molecule has 0 radical (unpaired) electrons. The van der Waals surface area contributed by atoms with E-state index in [1.54, 1.807) is 17.5 Å². The Balaban J connectivity index is 1.87. The second-order valence-corrected chi connectivity index (χ2v) is 7.86. The lowest BCUT2D eigenvalue weighted by Crippen LogP contribution is -2.10. The van der Waals surface area contributed by atoms with Gasteiger partial charge in [-0.1, -0.05) is 11.3 Å². The number of aromatic nitrogens is 1. The molecule has 9 heteroatoms. The SMILES string of the molecule is O=C(Nc1nc2ccc([N+](=O)[O-])cc2s1)c1csc(I)c1. The van der Waals surface area contributed by atoms with Gasteiger partial charge in [-0.15, -0.1) is 11.3 Å². The van der Waals surface area contributed by atoms with Crippen molar-refractivity contribution in [2.75, 3.05) is 5.32 Å². The molecule has 0 unspecified atom stereocenters. The maximum absolute atomic E-state index is 12.0. The number of thiazole rings is 1. The Morgan fingerprint density at radius 2 is 2.19 bits per heavy atom. The van der Waals surface area contributed by atoms with E-state index in [0.29, 0.717) is 20.9 Å². The van der Waals surface area contributed by atoms with Gasteiger partial charge in [0.25, 0.3) is 11.6 Å². The fourth-order valence-corrected chi connectivity index (χ4v) is 3.90. The number of fused-ring (bicyclic) bond motifs is 1. The van der Waals surface area contributed by atoms with Gasteiger partial charge in [0.15, 0.2) is 5.13 Å². The molecule has 0 saturated carbocycles. The molecule has 0 atom stereocenters. The number of benzene rings is 1. The summed E-state index contributed by atoms with van der Waals surface area (Å²) in [7, 11) is 0. The topological polar surface area (TPSA) is 85.1 Å². The van der Waals surface area contributed by atoms with E-state index >= 15 is 0 Å². The van der Waals surface area contributed by atoms with Crippen LogP contribution in [0.4, 0.5) is 10.8 Å². The number of carbonyl (C=O) groups is 1. The minimum atomic E-state index is -0.454. The highest BCUT2D eigenvalue weighted by Gasteiger charge is 2.13. The van der Waals surface area contributed by atoms with E-state index in [1.165, 1.54) is 34.8 Å². The van der Waals surface area contributed by atoms with E-state index in [0.717, 1.165) is 2.88 Å². The highest BCUT2D eigenvalue weighted by atomic mass is 127. The summed E-state index contributed by atoms with van der Waals surface area (Å²) in [5.41, 5.74) is 1.21. The number of amides is 1. The van der Waals surface area contributed by atoms with Crippen LogP contribution in [-0.4, -0.2) is 15.8 Å². The number of anilines is 1. The number of nitrogens with zero attached hydrogens (tertiary/aromatic N) is 2. The summed E-state index contributed by atoms with van der Waals surface area (Å²) < 4.78 is 1.69. The molecule has 6 nitrogen and oxygen atoms in total. The Morgan fingerprint density at radius 3 is 2.86 bits per heavy atom. The molecule has 3 rings (SSSR count). The summed E-state index contributed by atoms with van der Waals surface area (Å²) in [4.78, 5) is 26.6. The first-order valence-corrected chi connectivity index (χ1v) is 8.41. The number of nitro benzene ring substituents is 1. The van der Waals surface area contributed by atoms with E-state index in [9.17, 15) is 14.9 Å². The largest absolute Gasteiger partial charge is 0.298 e. The van der Waals surface area contributed by atoms with Gasteiger partial charge in [0.1, 0.15) is 0 Å². The molecule has 3 aromatic rings. The zero-order valence-corrected chi connectivity index (χ0v) is 14.0. The lowest BCUT2D eigenvalue weighted by molar-refractivity contribution is -0.384. The van der Waals surface area contributed by atoms with E-state index in [4.69, 9.17) is 0 Å². The van der Waals surface area contributed by atoms with Gasteiger partial charge in [0.05, 0.1) is 23.6 Å². The number of hydrogen-bond donors (Lipinski definition) is 1. The fourth-order valence-electron chi connectivity index (χ4n) is 1.68. The van der Waals surface area contributed by atoms with Crippen molar-refractivity contribution in [3.8, 4) is 0 Å². The number of non-ortho nitro benzene ring substituents is 1. The van der Waals surface area contributed by atoms with Crippen molar-refractivity contribution < 1.29 is 9.72 Å². The monoisotopic (exact) mass is 431 g/mol. The van der Waals surface area contributed by atoms with Crippen LogP contribution in [0.5, 0.6) is 0 Å². The third-order valence-electron chi connectivity index (χ3n) is 2.63. The molecule has 0 aliphatic heterocycles. The molecule has 0 aliphatic rings. The van der Waals surface area contributed by atoms with Gasteiger partial charge in [-0.2, -0.15) is 0 Å². The standard InChI is InChI=1S/C12H6IN3O3S2/c13-10-3-6(5-20-10)11(17)15-12-14-8-2-1-7(16(18)19)4-9(8)21-12/h1-5H,(H,14,15,17).